The summed E-state index contributed by atoms with van der Waals surface area (Å²) in [6, 6.07) is 0. The summed E-state index contributed by atoms with van der Waals surface area (Å²) >= 11 is 0. The maximum Gasteiger partial charge on any atom is 0.421 e. The number of carboxylic acid groups (broad SMARTS) is 1. The first kappa shape index (κ1) is 13.4. The Bertz CT molecular complexity index is 616. The lowest BCUT2D eigenvalue weighted by Crippen LogP contribution is -2.26. The lowest BCUT2D eigenvalue weighted by Gasteiger charge is -2.14. The van der Waals surface area contributed by atoms with Crippen LogP contribution in [0.1, 0.15) is 34.7 Å². The first-order chi connectivity index (χ1) is 8.77. The van der Waals surface area contributed by atoms with Gasteiger partial charge in [-0.2, -0.15) is 13.2 Å². The maximum absolute atomic E-state index is 12.9. The molecule has 1 aromatic rings. The van der Waals surface area contributed by atoms with Crippen molar-refractivity contribution in [2.75, 3.05) is 0 Å². The molecule has 2 N–H and O–H groups in total. The summed E-state index contributed by atoms with van der Waals surface area (Å²) < 4.78 is 38.6. The molecule has 0 aliphatic heterocycles. The second-order valence-electron chi connectivity index (χ2n) is 4.27. The van der Waals surface area contributed by atoms with E-state index in [1.165, 1.54) is 6.08 Å². The van der Waals surface area contributed by atoms with Crippen LogP contribution in [0.5, 0.6) is 0 Å². The Hall–Kier alpha value is -2.05. The van der Waals surface area contributed by atoms with Gasteiger partial charge in [-0.15, -0.1) is 0 Å². The zero-order chi connectivity index (χ0) is 14.4. The Kier molecular flexibility index (Phi) is 3.00. The minimum absolute atomic E-state index is 0.0226. The van der Waals surface area contributed by atoms with E-state index in [0.717, 1.165) is 0 Å². The topological polar surface area (TPSA) is 70.2 Å². The van der Waals surface area contributed by atoms with Gasteiger partial charge in [-0.1, -0.05) is 6.58 Å². The number of alkyl halides is 3. The molecule has 102 valence electrons. The molecular formula is C12H10F3NO3. The number of H-pyrrole nitrogens is 1. The highest BCUT2D eigenvalue weighted by atomic mass is 19.4. The molecule has 1 atom stereocenters. The normalized spacial score (nSPS) is 18.2. The van der Waals surface area contributed by atoms with Gasteiger partial charge in [0.25, 0.3) is 5.56 Å². The standard InChI is InChI=1S/C12H10F3NO3/c1-2-7-8-5(3-4-6(8)11(18)19)9(10(17)16-7)12(13,14)15/h2,6H,1,3-4H2,(H,16,17)(H,18,19). The van der Waals surface area contributed by atoms with Gasteiger partial charge in [0, 0.05) is 5.69 Å². The van der Waals surface area contributed by atoms with E-state index in [9.17, 15) is 22.8 Å². The van der Waals surface area contributed by atoms with Gasteiger partial charge in [-0.25, -0.2) is 0 Å². The molecule has 1 aliphatic carbocycles. The molecule has 19 heavy (non-hydrogen) atoms. The van der Waals surface area contributed by atoms with Crippen LogP contribution < -0.4 is 5.56 Å². The monoisotopic (exact) mass is 273 g/mol. The summed E-state index contributed by atoms with van der Waals surface area (Å²) in [7, 11) is 0. The third-order valence-electron chi connectivity index (χ3n) is 3.21. The predicted octanol–water partition coefficient (Wildman–Crippen LogP) is 2.15. The fraction of sp³-hybridized carbons (Fsp3) is 0.333. The van der Waals surface area contributed by atoms with Gasteiger partial charge in [0.2, 0.25) is 0 Å². The first-order valence-electron chi connectivity index (χ1n) is 5.48. The van der Waals surface area contributed by atoms with Crippen LogP contribution in [-0.4, -0.2) is 16.1 Å². The zero-order valence-corrected chi connectivity index (χ0v) is 9.67. The number of hydrogen-bond acceptors (Lipinski definition) is 2. The lowest BCUT2D eigenvalue weighted by atomic mass is 9.97. The van der Waals surface area contributed by atoms with Crippen LogP contribution in [-0.2, 0) is 17.4 Å². The molecule has 2 rings (SSSR count). The van der Waals surface area contributed by atoms with Gasteiger partial charge in [-0.3, -0.25) is 9.59 Å². The van der Waals surface area contributed by atoms with Crippen molar-refractivity contribution in [1.29, 1.82) is 0 Å². The molecule has 7 heteroatoms. The van der Waals surface area contributed by atoms with E-state index in [1.54, 1.807) is 0 Å². The van der Waals surface area contributed by atoms with Crippen molar-refractivity contribution >= 4 is 12.0 Å². The van der Waals surface area contributed by atoms with Crippen LogP contribution in [0.25, 0.3) is 6.08 Å². The summed E-state index contributed by atoms with van der Waals surface area (Å²) in [5.41, 5.74) is -2.70. The minimum Gasteiger partial charge on any atom is -0.481 e. The quantitative estimate of drug-likeness (QED) is 0.867. The largest absolute Gasteiger partial charge is 0.481 e. The number of carbonyl (C=O) groups is 1. The van der Waals surface area contributed by atoms with E-state index < -0.39 is 29.2 Å². The van der Waals surface area contributed by atoms with Gasteiger partial charge in [0.05, 0.1) is 5.92 Å². The van der Waals surface area contributed by atoms with E-state index in [1.807, 2.05) is 0 Å². The molecule has 0 spiro atoms. The zero-order valence-electron chi connectivity index (χ0n) is 9.67. The SMILES string of the molecule is C=Cc1[nH]c(=O)c(C(F)(F)F)c2c1C(C(=O)O)CC2. The molecule has 0 amide bonds. The van der Waals surface area contributed by atoms with Gasteiger partial charge >= 0.3 is 12.1 Å². The fourth-order valence-corrected chi connectivity index (χ4v) is 2.48. The number of aromatic amines is 1. The van der Waals surface area contributed by atoms with Gasteiger partial charge in [0.1, 0.15) is 5.56 Å². The van der Waals surface area contributed by atoms with E-state index in [4.69, 9.17) is 5.11 Å². The number of halogens is 3. The minimum atomic E-state index is -4.80. The summed E-state index contributed by atoms with van der Waals surface area (Å²) in [4.78, 5) is 24.6. The van der Waals surface area contributed by atoms with Crippen molar-refractivity contribution in [3.63, 3.8) is 0 Å². The molecule has 1 aliphatic rings. The fourth-order valence-electron chi connectivity index (χ4n) is 2.48. The number of carboxylic acids is 1. The van der Waals surface area contributed by atoms with Crippen molar-refractivity contribution in [1.82, 2.24) is 4.98 Å². The van der Waals surface area contributed by atoms with Crippen molar-refractivity contribution in [3.05, 3.63) is 39.3 Å². The first-order valence-corrected chi connectivity index (χ1v) is 5.48. The van der Waals surface area contributed by atoms with Crippen molar-refractivity contribution < 1.29 is 23.1 Å². The van der Waals surface area contributed by atoms with Crippen LogP contribution in [0.3, 0.4) is 0 Å². The average molecular weight is 273 g/mol. The Labute approximate surface area is 105 Å². The number of aromatic nitrogens is 1. The smallest absolute Gasteiger partial charge is 0.421 e. The van der Waals surface area contributed by atoms with Crippen LogP contribution in [0.2, 0.25) is 0 Å². The Morgan fingerprint density at radius 1 is 1.47 bits per heavy atom. The van der Waals surface area contributed by atoms with E-state index >= 15 is 0 Å². The third kappa shape index (κ3) is 2.05. The second-order valence-corrected chi connectivity index (χ2v) is 4.27. The van der Waals surface area contributed by atoms with Crippen LogP contribution in [0.4, 0.5) is 13.2 Å². The van der Waals surface area contributed by atoms with Crippen molar-refractivity contribution in [2.45, 2.75) is 24.9 Å². The Morgan fingerprint density at radius 2 is 2.11 bits per heavy atom. The maximum atomic E-state index is 12.9. The Balaban J connectivity index is 2.81. The highest BCUT2D eigenvalue weighted by molar-refractivity contribution is 5.80. The molecule has 0 saturated carbocycles. The molecule has 0 radical (unpaired) electrons. The van der Waals surface area contributed by atoms with Gasteiger partial charge in [0.15, 0.2) is 0 Å². The number of rotatable bonds is 2. The Morgan fingerprint density at radius 3 is 2.58 bits per heavy atom. The highest BCUT2D eigenvalue weighted by Crippen LogP contribution is 2.41. The molecule has 1 aromatic heterocycles. The number of aliphatic carboxylic acids is 1. The lowest BCUT2D eigenvalue weighted by molar-refractivity contribution is -0.140. The van der Waals surface area contributed by atoms with Crippen molar-refractivity contribution in [2.24, 2.45) is 0 Å². The molecule has 4 nitrogen and oxygen atoms in total. The number of pyridine rings is 1. The summed E-state index contributed by atoms with van der Waals surface area (Å²) in [6.07, 6.45) is -3.66. The average Bonchev–Trinajstić information content (AvgIpc) is 2.69. The van der Waals surface area contributed by atoms with E-state index in [-0.39, 0.29) is 29.7 Å². The second kappa shape index (κ2) is 4.25. The summed E-state index contributed by atoms with van der Waals surface area (Å²) in [5, 5.41) is 9.04. The van der Waals surface area contributed by atoms with E-state index in [0.29, 0.717) is 0 Å². The highest BCUT2D eigenvalue weighted by Gasteiger charge is 2.42. The summed E-state index contributed by atoms with van der Waals surface area (Å²) in [6.45, 7) is 3.39. The number of nitrogens with one attached hydrogen (secondary N) is 1. The number of fused-ring (bicyclic) bond motifs is 1. The molecule has 0 fully saturated rings. The van der Waals surface area contributed by atoms with Gasteiger partial charge in [-0.05, 0) is 30.0 Å². The summed E-state index contributed by atoms with van der Waals surface area (Å²) in [5.74, 6) is -2.25. The van der Waals surface area contributed by atoms with E-state index in [2.05, 4.69) is 11.6 Å². The van der Waals surface area contributed by atoms with Crippen LogP contribution >= 0.6 is 0 Å². The molecule has 0 saturated heterocycles. The van der Waals surface area contributed by atoms with Crippen molar-refractivity contribution in [3.8, 4) is 0 Å². The van der Waals surface area contributed by atoms with Crippen LogP contribution in [0.15, 0.2) is 11.4 Å². The molecule has 0 bridgehead atoms. The van der Waals surface area contributed by atoms with Gasteiger partial charge < -0.3 is 10.1 Å². The van der Waals surface area contributed by atoms with Crippen LogP contribution in [0, 0.1) is 0 Å². The third-order valence-corrected chi connectivity index (χ3v) is 3.21. The molecule has 1 unspecified atom stereocenters. The molecule has 1 heterocycles. The number of hydrogen-bond donors (Lipinski definition) is 2. The molecule has 0 aromatic carbocycles. The molecular weight excluding hydrogens is 263 g/mol. The predicted molar refractivity (Wildman–Crippen MR) is 60.9 cm³/mol.